The van der Waals surface area contributed by atoms with E-state index in [2.05, 4.69) is 23.5 Å². The molecule has 1 aromatic heterocycles. The number of halogens is 1. The molecule has 0 aliphatic carbocycles. The number of sulfonamides is 1. The summed E-state index contributed by atoms with van der Waals surface area (Å²) in [7, 11) is -3.16. The summed E-state index contributed by atoms with van der Waals surface area (Å²) in [5, 5.41) is 0. The zero-order valence-electron chi connectivity index (χ0n) is 12.1. The topological polar surface area (TPSA) is 62.6 Å². The van der Waals surface area contributed by atoms with E-state index in [1.807, 2.05) is 12.1 Å². The molecule has 7 heteroatoms. The largest absolute Gasteiger partial charge is 0.468 e. The Morgan fingerprint density at radius 3 is 2.65 bits per heavy atom. The predicted octanol–water partition coefficient (Wildman–Crippen LogP) is 1.71. The Bertz CT molecular complexity index is 502. The van der Waals surface area contributed by atoms with Crippen LogP contribution < -0.4 is 4.72 Å². The van der Waals surface area contributed by atoms with Gasteiger partial charge in [-0.15, -0.1) is 12.4 Å². The summed E-state index contributed by atoms with van der Waals surface area (Å²) in [6.07, 6.45) is 2.89. The van der Waals surface area contributed by atoms with Crippen molar-refractivity contribution in [3.8, 4) is 0 Å². The van der Waals surface area contributed by atoms with E-state index >= 15 is 0 Å². The Labute approximate surface area is 127 Å². The molecule has 0 bridgehead atoms. The van der Waals surface area contributed by atoms with E-state index in [1.54, 1.807) is 6.26 Å². The molecule has 20 heavy (non-hydrogen) atoms. The fraction of sp³-hybridized carbons (Fsp3) is 0.692. The molecule has 0 spiro atoms. The first-order chi connectivity index (χ1) is 8.85. The number of furan rings is 1. The van der Waals surface area contributed by atoms with Gasteiger partial charge in [0.05, 0.1) is 19.1 Å². The van der Waals surface area contributed by atoms with Gasteiger partial charge >= 0.3 is 0 Å². The SMILES string of the molecule is CC(C)[C@H]1CN(Cc2ccco2)C[C@@H]1NS(C)(=O)=O.Cl. The second-order valence-corrected chi connectivity index (χ2v) is 7.46. The van der Waals surface area contributed by atoms with Gasteiger partial charge < -0.3 is 4.42 Å². The highest BCUT2D eigenvalue weighted by Crippen LogP contribution is 2.26. The summed E-state index contributed by atoms with van der Waals surface area (Å²) >= 11 is 0. The van der Waals surface area contributed by atoms with Crippen LogP contribution in [0.15, 0.2) is 22.8 Å². The van der Waals surface area contributed by atoms with Crippen molar-refractivity contribution in [2.45, 2.75) is 26.4 Å². The molecule has 0 radical (unpaired) electrons. The van der Waals surface area contributed by atoms with Gasteiger partial charge in [-0.2, -0.15) is 0 Å². The molecule has 0 amide bonds. The number of rotatable bonds is 5. The lowest BCUT2D eigenvalue weighted by Gasteiger charge is -2.21. The smallest absolute Gasteiger partial charge is 0.209 e. The third-order valence-corrected chi connectivity index (χ3v) is 4.35. The van der Waals surface area contributed by atoms with Crippen molar-refractivity contribution in [1.82, 2.24) is 9.62 Å². The molecular weight excluding hydrogens is 300 g/mol. The van der Waals surface area contributed by atoms with E-state index in [1.165, 1.54) is 6.26 Å². The average molecular weight is 323 g/mol. The van der Waals surface area contributed by atoms with Gasteiger partial charge in [0, 0.05) is 19.1 Å². The lowest BCUT2D eigenvalue weighted by molar-refractivity contribution is 0.273. The normalized spacial score (nSPS) is 24.0. The van der Waals surface area contributed by atoms with Gasteiger partial charge in [0.2, 0.25) is 10.0 Å². The highest BCUT2D eigenvalue weighted by Gasteiger charge is 2.36. The van der Waals surface area contributed by atoms with E-state index in [9.17, 15) is 8.42 Å². The van der Waals surface area contributed by atoms with Gasteiger partial charge in [0.15, 0.2) is 0 Å². The Kier molecular flexibility index (Phi) is 6.06. The Hall–Kier alpha value is -0.560. The number of nitrogens with one attached hydrogen (secondary N) is 1. The van der Waals surface area contributed by atoms with Crippen LogP contribution in [0.3, 0.4) is 0 Å². The summed E-state index contributed by atoms with van der Waals surface area (Å²) in [6.45, 7) is 6.64. The van der Waals surface area contributed by atoms with Crippen molar-refractivity contribution >= 4 is 22.4 Å². The van der Waals surface area contributed by atoms with Crippen molar-refractivity contribution in [3.63, 3.8) is 0 Å². The monoisotopic (exact) mass is 322 g/mol. The minimum absolute atomic E-state index is 0. The van der Waals surface area contributed by atoms with Crippen LogP contribution in [0.4, 0.5) is 0 Å². The maximum Gasteiger partial charge on any atom is 0.209 e. The van der Waals surface area contributed by atoms with Crippen LogP contribution in [-0.2, 0) is 16.6 Å². The molecule has 0 unspecified atom stereocenters. The van der Waals surface area contributed by atoms with Crippen LogP contribution in [-0.4, -0.2) is 38.7 Å². The third kappa shape index (κ3) is 4.77. The standard InChI is InChI=1S/C13H22N2O3S.ClH/c1-10(2)12-8-15(7-11-5-4-6-18-11)9-13(12)14-19(3,16)17;/h4-6,10,12-14H,7-9H2,1-3H3;1H/t12-,13+;/m1./s1. The Morgan fingerprint density at radius 1 is 1.45 bits per heavy atom. The van der Waals surface area contributed by atoms with Gasteiger partial charge in [-0.05, 0) is 24.0 Å². The second-order valence-electron chi connectivity index (χ2n) is 5.68. The van der Waals surface area contributed by atoms with Crippen molar-refractivity contribution in [2.24, 2.45) is 11.8 Å². The van der Waals surface area contributed by atoms with Gasteiger partial charge in [-0.1, -0.05) is 13.8 Å². The first-order valence-electron chi connectivity index (χ1n) is 6.57. The van der Waals surface area contributed by atoms with Crippen molar-refractivity contribution in [1.29, 1.82) is 0 Å². The fourth-order valence-electron chi connectivity index (χ4n) is 2.74. The molecule has 1 saturated heterocycles. The van der Waals surface area contributed by atoms with Crippen molar-refractivity contribution in [3.05, 3.63) is 24.2 Å². The predicted molar refractivity (Wildman–Crippen MR) is 81.3 cm³/mol. The van der Waals surface area contributed by atoms with Gasteiger partial charge in [0.25, 0.3) is 0 Å². The van der Waals surface area contributed by atoms with Crippen molar-refractivity contribution < 1.29 is 12.8 Å². The molecule has 5 nitrogen and oxygen atoms in total. The van der Waals surface area contributed by atoms with Gasteiger partial charge in [-0.25, -0.2) is 13.1 Å². The second kappa shape index (κ2) is 6.93. The van der Waals surface area contributed by atoms with E-state index < -0.39 is 10.0 Å². The molecule has 1 aliphatic rings. The highest BCUT2D eigenvalue weighted by atomic mass is 35.5. The zero-order chi connectivity index (χ0) is 14.0. The van der Waals surface area contributed by atoms with E-state index in [4.69, 9.17) is 4.42 Å². The highest BCUT2D eigenvalue weighted by molar-refractivity contribution is 7.88. The molecule has 0 saturated carbocycles. The lowest BCUT2D eigenvalue weighted by atomic mass is 9.92. The molecule has 1 N–H and O–H groups in total. The van der Waals surface area contributed by atoms with E-state index in [0.717, 1.165) is 25.4 Å². The number of hydrogen-bond acceptors (Lipinski definition) is 4. The molecule has 1 aliphatic heterocycles. The molecule has 2 atom stereocenters. The number of likely N-dealkylation sites (tertiary alicyclic amines) is 1. The van der Waals surface area contributed by atoms with Crippen LogP contribution in [0, 0.1) is 11.8 Å². The molecule has 2 rings (SSSR count). The third-order valence-electron chi connectivity index (χ3n) is 3.62. The summed E-state index contributed by atoms with van der Waals surface area (Å²) in [6, 6.07) is 3.81. The van der Waals surface area contributed by atoms with Gasteiger partial charge in [-0.3, -0.25) is 4.90 Å². The van der Waals surface area contributed by atoms with Crippen LogP contribution in [0.1, 0.15) is 19.6 Å². The van der Waals surface area contributed by atoms with Crippen molar-refractivity contribution in [2.75, 3.05) is 19.3 Å². The quantitative estimate of drug-likeness (QED) is 0.896. The van der Waals surface area contributed by atoms with Crippen LogP contribution in [0.5, 0.6) is 0 Å². The van der Waals surface area contributed by atoms with Gasteiger partial charge in [0.1, 0.15) is 5.76 Å². The summed E-state index contributed by atoms with van der Waals surface area (Å²) in [5.74, 6) is 1.70. The zero-order valence-corrected chi connectivity index (χ0v) is 13.7. The molecular formula is C13H23ClN2O3S. The van der Waals surface area contributed by atoms with Crippen LogP contribution in [0.2, 0.25) is 0 Å². The fourth-order valence-corrected chi connectivity index (χ4v) is 3.54. The minimum atomic E-state index is -3.16. The van der Waals surface area contributed by atoms with E-state index in [0.29, 0.717) is 11.8 Å². The van der Waals surface area contributed by atoms with E-state index in [-0.39, 0.29) is 18.4 Å². The first kappa shape index (κ1) is 17.5. The molecule has 116 valence electrons. The Morgan fingerprint density at radius 2 is 2.15 bits per heavy atom. The molecule has 2 heterocycles. The molecule has 0 aromatic carbocycles. The average Bonchev–Trinajstić information content (AvgIpc) is 2.86. The van der Waals surface area contributed by atoms with Crippen LogP contribution >= 0.6 is 12.4 Å². The Balaban J connectivity index is 0.00000200. The lowest BCUT2D eigenvalue weighted by Crippen LogP contribution is -2.41. The first-order valence-corrected chi connectivity index (χ1v) is 8.46. The van der Waals surface area contributed by atoms with Crippen LogP contribution in [0.25, 0.3) is 0 Å². The maximum absolute atomic E-state index is 11.4. The number of nitrogens with zero attached hydrogens (tertiary/aromatic N) is 1. The number of hydrogen-bond donors (Lipinski definition) is 1. The molecule has 1 aromatic rings. The maximum atomic E-state index is 11.4. The minimum Gasteiger partial charge on any atom is -0.468 e. The summed E-state index contributed by atoms with van der Waals surface area (Å²) < 4.78 is 31.0. The molecule has 1 fully saturated rings. The summed E-state index contributed by atoms with van der Waals surface area (Å²) in [5.41, 5.74) is 0. The summed E-state index contributed by atoms with van der Waals surface area (Å²) in [4.78, 5) is 2.24.